The lowest BCUT2D eigenvalue weighted by molar-refractivity contribution is -0.123. The van der Waals surface area contributed by atoms with Crippen LogP contribution in [-0.4, -0.2) is 15.9 Å². The van der Waals surface area contributed by atoms with E-state index in [1.54, 1.807) is 17.5 Å². The first-order chi connectivity index (χ1) is 12.3. The van der Waals surface area contributed by atoms with Crippen molar-refractivity contribution < 1.29 is 4.79 Å². The van der Waals surface area contributed by atoms with Gasteiger partial charge >= 0.3 is 0 Å². The zero-order valence-corrected chi connectivity index (χ0v) is 16.1. The molecule has 5 nitrogen and oxygen atoms in total. The molecule has 0 fully saturated rings. The van der Waals surface area contributed by atoms with Crippen molar-refractivity contribution in [2.24, 2.45) is 5.41 Å². The third-order valence-electron chi connectivity index (χ3n) is 3.79. The van der Waals surface area contributed by atoms with Gasteiger partial charge in [-0.15, -0.1) is 11.3 Å². The van der Waals surface area contributed by atoms with E-state index in [2.05, 4.69) is 20.6 Å². The summed E-state index contributed by atoms with van der Waals surface area (Å²) in [7, 11) is 0. The van der Waals surface area contributed by atoms with Crippen LogP contribution in [0, 0.1) is 12.3 Å². The summed E-state index contributed by atoms with van der Waals surface area (Å²) in [4.78, 5) is 22.1. The first kappa shape index (κ1) is 18.1. The molecule has 26 heavy (non-hydrogen) atoms. The zero-order chi connectivity index (χ0) is 18.7. The highest BCUT2D eigenvalue weighted by Crippen LogP contribution is 2.32. The van der Waals surface area contributed by atoms with Gasteiger partial charge in [-0.25, -0.2) is 9.97 Å². The van der Waals surface area contributed by atoms with Gasteiger partial charge in [0.15, 0.2) is 5.13 Å². The average Bonchev–Trinajstić information content (AvgIpc) is 2.96. The summed E-state index contributed by atoms with van der Waals surface area (Å²) in [5, 5.41) is 6.97. The van der Waals surface area contributed by atoms with Gasteiger partial charge in [-0.3, -0.25) is 4.79 Å². The van der Waals surface area contributed by atoms with Crippen molar-refractivity contribution in [3.05, 3.63) is 53.5 Å². The number of hydrogen-bond donors (Lipinski definition) is 2. The van der Waals surface area contributed by atoms with E-state index >= 15 is 0 Å². The molecular formula is C20H22N4OS. The predicted molar refractivity (Wildman–Crippen MR) is 108 cm³/mol. The average molecular weight is 366 g/mol. The van der Waals surface area contributed by atoms with Crippen molar-refractivity contribution in [3.63, 3.8) is 0 Å². The maximum atomic E-state index is 12.1. The van der Waals surface area contributed by atoms with E-state index in [1.807, 2.05) is 70.2 Å². The standard InChI is InChI=1S/C20H22N4OS/c1-13-17(24-19(26-13)23-16-7-5-6-12-21-16)14-8-10-15(11-9-14)22-18(25)20(2,3)4/h5-12H,1-4H3,(H,22,25)(H,21,23,24). The number of nitrogens with one attached hydrogen (secondary N) is 2. The van der Waals surface area contributed by atoms with Gasteiger partial charge in [0.1, 0.15) is 5.82 Å². The summed E-state index contributed by atoms with van der Waals surface area (Å²) in [6.45, 7) is 7.73. The van der Waals surface area contributed by atoms with Crippen LogP contribution >= 0.6 is 11.3 Å². The number of aryl methyl sites for hydroxylation is 1. The van der Waals surface area contributed by atoms with E-state index in [-0.39, 0.29) is 5.91 Å². The number of amides is 1. The lowest BCUT2D eigenvalue weighted by atomic mass is 9.95. The van der Waals surface area contributed by atoms with Crippen LogP contribution in [0.2, 0.25) is 0 Å². The highest BCUT2D eigenvalue weighted by Gasteiger charge is 2.21. The Kier molecular flexibility index (Phi) is 5.04. The Bertz CT molecular complexity index is 896. The second-order valence-corrected chi connectivity index (χ2v) is 8.25. The Morgan fingerprint density at radius 1 is 1.08 bits per heavy atom. The number of aromatic nitrogens is 2. The zero-order valence-electron chi connectivity index (χ0n) is 15.3. The topological polar surface area (TPSA) is 66.9 Å². The molecule has 1 amide bonds. The maximum Gasteiger partial charge on any atom is 0.229 e. The van der Waals surface area contributed by atoms with Crippen molar-refractivity contribution in [3.8, 4) is 11.3 Å². The number of hydrogen-bond acceptors (Lipinski definition) is 5. The number of rotatable bonds is 4. The molecule has 0 unspecified atom stereocenters. The molecule has 6 heteroatoms. The van der Waals surface area contributed by atoms with Crippen LogP contribution in [0.4, 0.5) is 16.6 Å². The monoisotopic (exact) mass is 366 g/mol. The lowest BCUT2D eigenvalue weighted by Gasteiger charge is -2.17. The Labute approximate surface area is 157 Å². The minimum atomic E-state index is -0.420. The van der Waals surface area contributed by atoms with E-state index < -0.39 is 5.41 Å². The van der Waals surface area contributed by atoms with E-state index in [9.17, 15) is 4.79 Å². The number of anilines is 3. The van der Waals surface area contributed by atoms with Crippen LogP contribution in [0.3, 0.4) is 0 Å². The molecule has 0 aliphatic heterocycles. The SMILES string of the molecule is Cc1sc(Nc2ccccn2)nc1-c1ccc(NC(=O)C(C)(C)C)cc1. The van der Waals surface area contributed by atoms with E-state index in [0.29, 0.717) is 0 Å². The van der Waals surface area contributed by atoms with Gasteiger partial charge < -0.3 is 10.6 Å². The van der Waals surface area contributed by atoms with Crippen LogP contribution in [0.5, 0.6) is 0 Å². The number of nitrogens with zero attached hydrogens (tertiary/aromatic N) is 2. The highest BCUT2D eigenvalue weighted by molar-refractivity contribution is 7.16. The van der Waals surface area contributed by atoms with Gasteiger partial charge in [0.05, 0.1) is 5.69 Å². The van der Waals surface area contributed by atoms with Crippen molar-refractivity contribution >= 4 is 33.9 Å². The molecule has 0 saturated heterocycles. The van der Waals surface area contributed by atoms with Crippen LogP contribution in [0.25, 0.3) is 11.3 Å². The Hall–Kier alpha value is -2.73. The Balaban J connectivity index is 1.76. The molecule has 2 N–H and O–H groups in total. The molecule has 0 radical (unpaired) electrons. The van der Waals surface area contributed by atoms with E-state index in [4.69, 9.17) is 0 Å². The second-order valence-electron chi connectivity index (χ2n) is 7.05. The van der Waals surface area contributed by atoms with Crippen LogP contribution in [0.1, 0.15) is 25.6 Å². The number of carbonyl (C=O) groups excluding carboxylic acids is 1. The van der Waals surface area contributed by atoms with Crippen LogP contribution in [-0.2, 0) is 4.79 Å². The molecular weight excluding hydrogens is 344 g/mol. The Morgan fingerprint density at radius 3 is 2.42 bits per heavy atom. The van der Waals surface area contributed by atoms with Gasteiger partial charge in [0.2, 0.25) is 5.91 Å². The summed E-state index contributed by atoms with van der Waals surface area (Å²) in [5.41, 5.74) is 2.31. The van der Waals surface area contributed by atoms with Crippen LogP contribution in [0.15, 0.2) is 48.7 Å². The van der Waals surface area contributed by atoms with Crippen molar-refractivity contribution in [1.29, 1.82) is 0 Å². The van der Waals surface area contributed by atoms with Crippen molar-refractivity contribution in [2.75, 3.05) is 10.6 Å². The van der Waals surface area contributed by atoms with E-state index in [0.717, 1.165) is 32.8 Å². The summed E-state index contributed by atoms with van der Waals surface area (Å²) in [6, 6.07) is 13.5. The van der Waals surface area contributed by atoms with Gasteiger partial charge in [-0.2, -0.15) is 0 Å². The van der Waals surface area contributed by atoms with Crippen molar-refractivity contribution in [1.82, 2.24) is 9.97 Å². The quantitative estimate of drug-likeness (QED) is 0.662. The first-order valence-corrected chi connectivity index (χ1v) is 9.22. The largest absolute Gasteiger partial charge is 0.326 e. The minimum Gasteiger partial charge on any atom is -0.326 e. The minimum absolute atomic E-state index is 0.00284. The number of carbonyl (C=O) groups is 1. The molecule has 2 heterocycles. The fourth-order valence-corrected chi connectivity index (χ4v) is 3.14. The molecule has 0 spiro atoms. The lowest BCUT2D eigenvalue weighted by Crippen LogP contribution is -2.27. The third-order valence-corrected chi connectivity index (χ3v) is 4.68. The molecule has 3 aromatic rings. The summed E-state index contributed by atoms with van der Waals surface area (Å²) in [6.07, 6.45) is 1.74. The maximum absolute atomic E-state index is 12.1. The summed E-state index contributed by atoms with van der Waals surface area (Å²) in [5.74, 6) is 0.768. The number of thiazole rings is 1. The first-order valence-electron chi connectivity index (χ1n) is 8.40. The molecule has 1 aromatic carbocycles. The summed E-state index contributed by atoms with van der Waals surface area (Å²) >= 11 is 1.59. The highest BCUT2D eigenvalue weighted by atomic mass is 32.1. The molecule has 134 valence electrons. The number of pyridine rings is 1. The predicted octanol–water partition coefficient (Wildman–Crippen LogP) is 5.24. The fraction of sp³-hybridized carbons (Fsp3) is 0.250. The molecule has 0 aliphatic carbocycles. The number of benzene rings is 1. The normalized spacial score (nSPS) is 11.2. The molecule has 0 aliphatic rings. The van der Waals surface area contributed by atoms with Gasteiger partial charge in [-0.1, -0.05) is 39.0 Å². The van der Waals surface area contributed by atoms with Gasteiger partial charge in [0.25, 0.3) is 0 Å². The fourth-order valence-electron chi connectivity index (χ4n) is 2.29. The molecule has 3 rings (SSSR count). The van der Waals surface area contributed by atoms with Gasteiger partial charge in [-0.05, 0) is 31.2 Å². The molecule has 0 atom stereocenters. The molecule has 2 aromatic heterocycles. The van der Waals surface area contributed by atoms with Crippen molar-refractivity contribution in [2.45, 2.75) is 27.7 Å². The molecule has 0 saturated carbocycles. The van der Waals surface area contributed by atoms with Gasteiger partial charge in [0, 0.05) is 27.7 Å². The smallest absolute Gasteiger partial charge is 0.229 e. The van der Waals surface area contributed by atoms with Crippen LogP contribution < -0.4 is 10.6 Å². The third kappa shape index (κ3) is 4.26. The Morgan fingerprint density at radius 2 is 1.81 bits per heavy atom. The second kappa shape index (κ2) is 7.25. The molecule has 0 bridgehead atoms. The summed E-state index contributed by atoms with van der Waals surface area (Å²) < 4.78 is 0. The van der Waals surface area contributed by atoms with E-state index in [1.165, 1.54) is 0 Å².